The Bertz CT molecular complexity index is 1340. The topological polar surface area (TPSA) is 12.0 Å². The van der Waals surface area contributed by atoms with Gasteiger partial charge in [0.15, 0.2) is 8.07 Å². The molecular formula is C30H23NSi. The Morgan fingerprint density at radius 1 is 0.438 bits per heavy atom. The molecule has 0 radical (unpaired) electrons. The molecular weight excluding hydrogens is 402 g/mol. The Kier molecular flexibility index (Phi) is 4.52. The average molecular weight is 426 g/mol. The first-order valence-electron chi connectivity index (χ1n) is 11.1. The second-order valence-corrected chi connectivity index (χ2v) is 11.9. The number of para-hydroxylation sites is 1. The van der Waals surface area contributed by atoms with Crippen molar-refractivity contribution in [1.29, 1.82) is 0 Å². The average Bonchev–Trinajstić information content (AvgIpc) is 3.18. The zero-order chi connectivity index (χ0) is 21.4. The van der Waals surface area contributed by atoms with Crippen molar-refractivity contribution in [2.75, 3.05) is 5.32 Å². The van der Waals surface area contributed by atoms with E-state index in [1.807, 2.05) is 0 Å². The Morgan fingerprint density at radius 2 is 0.969 bits per heavy atom. The molecule has 5 aromatic rings. The molecule has 5 aromatic carbocycles. The minimum absolute atomic E-state index is 1.11. The lowest BCUT2D eigenvalue weighted by molar-refractivity contribution is 1.57. The molecule has 152 valence electrons. The molecule has 0 saturated carbocycles. The van der Waals surface area contributed by atoms with Gasteiger partial charge in [0.25, 0.3) is 0 Å². The number of anilines is 2. The summed E-state index contributed by atoms with van der Waals surface area (Å²) >= 11 is 0. The predicted molar refractivity (Wildman–Crippen MR) is 139 cm³/mol. The van der Waals surface area contributed by atoms with E-state index in [1.54, 1.807) is 0 Å². The van der Waals surface area contributed by atoms with Crippen molar-refractivity contribution in [2.24, 2.45) is 0 Å². The van der Waals surface area contributed by atoms with Crippen LogP contribution in [0.1, 0.15) is 0 Å². The summed E-state index contributed by atoms with van der Waals surface area (Å²) in [5, 5.41) is 9.51. The first-order valence-corrected chi connectivity index (χ1v) is 13.1. The SMILES string of the molecule is c1ccc(Nc2cccc3c2[Si](c2ccccc2)(c2ccccc2)c2ccccc2-3)cc1. The number of benzene rings is 5. The summed E-state index contributed by atoms with van der Waals surface area (Å²) < 4.78 is 0. The van der Waals surface area contributed by atoms with E-state index in [0.29, 0.717) is 0 Å². The van der Waals surface area contributed by atoms with E-state index >= 15 is 0 Å². The van der Waals surface area contributed by atoms with Gasteiger partial charge >= 0.3 is 0 Å². The molecule has 0 atom stereocenters. The molecule has 1 aliphatic rings. The second-order valence-electron chi connectivity index (χ2n) is 8.25. The Balaban J connectivity index is 1.73. The molecule has 1 nitrogen and oxygen atoms in total. The highest BCUT2D eigenvalue weighted by molar-refractivity contribution is 7.22. The van der Waals surface area contributed by atoms with Crippen LogP contribution in [0.5, 0.6) is 0 Å². The lowest BCUT2D eigenvalue weighted by atomic mass is 10.1. The zero-order valence-electron chi connectivity index (χ0n) is 17.7. The molecule has 0 aromatic heterocycles. The van der Waals surface area contributed by atoms with Crippen LogP contribution in [0.2, 0.25) is 0 Å². The van der Waals surface area contributed by atoms with Crippen molar-refractivity contribution < 1.29 is 0 Å². The molecule has 1 N–H and O–H groups in total. The molecule has 1 heterocycles. The van der Waals surface area contributed by atoms with Crippen LogP contribution in [0, 0.1) is 0 Å². The summed E-state index contributed by atoms with van der Waals surface area (Å²) in [6, 6.07) is 48.5. The van der Waals surface area contributed by atoms with E-state index in [9.17, 15) is 0 Å². The van der Waals surface area contributed by atoms with Crippen molar-refractivity contribution in [2.45, 2.75) is 0 Å². The van der Waals surface area contributed by atoms with Crippen molar-refractivity contribution in [3.63, 3.8) is 0 Å². The van der Waals surface area contributed by atoms with E-state index in [1.165, 1.54) is 37.6 Å². The molecule has 32 heavy (non-hydrogen) atoms. The maximum atomic E-state index is 3.77. The van der Waals surface area contributed by atoms with Gasteiger partial charge in [-0.2, -0.15) is 0 Å². The predicted octanol–water partition coefficient (Wildman–Crippen LogP) is 4.79. The van der Waals surface area contributed by atoms with Crippen LogP contribution in [0.3, 0.4) is 0 Å². The molecule has 2 heteroatoms. The van der Waals surface area contributed by atoms with Crippen LogP contribution in [0.15, 0.2) is 133 Å². The van der Waals surface area contributed by atoms with Gasteiger partial charge in [0, 0.05) is 11.4 Å². The fourth-order valence-corrected chi connectivity index (χ4v) is 10.6. The monoisotopic (exact) mass is 425 g/mol. The highest BCUT2D eigenvalue weighted by atomic mass is 28.3. The third kappa shape index (κ3) is 2.77. The fourth-order valence-electron chi connectivity index (χ4n) is 5.28. The standard InChI is InChI=1S/C30H23NSi/c1-4-13-23(14-5-1)31-28-21-12-20-27-26-19-10-11-22-29(26)32(30(27)28,24-15-6-2-7-16-24)25-17-8-3-9-18-25/h1-22,31H. The smallest absolute Gasteiger partial charge is 0.183 e. The Hall–Kier alpha value is -3.88. The van der Waals surface area contributed by atoms with E-state index in [4.69, 9.17) is 0 Å². The number of hydrogen-bond acceptors (Lipinski definition) is 1. The van der Waals surface area contributed by atoms with Crippen molar-refractivity contribution in [3.8, 4) is 11.1 Å². The lowest BCUT2D eigenvalue weighted by Crippen LogP contribution is -2.73. The second kappa shape index (κ2) is 7.67. The first-order chi connectivity index (χ1) is 15.9. The third-order valence-electron chi connectivity index (χ3n) is 6.53. The van der Waals surface area contributed by atoms with E-state index < -0.39 is 8.07 Å². The molecule has 1 aliphatic heterocycles. The van der Waals surface area contributed by atoms with Crippen LogP contribution in [-0.2, 0) is 0 Å². The number of fused-ring (bicyclic) bond motifs is 3. The van der Waals surface area contributed by atoms with Gasteiger partial charge in [-0.3, -0.25) is 0 Å². The van der Waals surface area contributed by atoms with E-state index in [-0.39, 0.29) is 0 Å². The van der Waals surface area contributed by atoms with Crippen molar-refractivity contribution >= 4 is 40.2 Å². The van der Waals surface area contributed by atoms with Gasteiger partial charge in [0.05, 0.1) is 0 Å². The van der Waals surface area contributed by atoms with Crippen molar-refractivity contribution in [1.82, 2.24) is 0 Å². The quantitative estimate of drug-likeness (QED) is 0.401. The first kappa shape index (κ1) is 18.9. The van der Waals surface area contributed by atoms with Crippen LogP contribution in [-0.4, -0.2) is 8.07 Å². The third-order valence-corrected chi connectivity index (χ3v) is 11.5. The zero-order valence-corrected chi connectivity index (χ0v) is 18.7. The summed E-state index contributed by atoms with van der Waals surface area (Å²) in [7, 11) is -2.49. The van der Waals surface area contributed by atoms with E-state index in [2.05, 4.69) is 139 Å². The molecule has 6 rings (SSSR count). The normalized spacial score (nSPS) is 13.2. The van der Waals surface area contributed by atoms with Crippen LogP contribution in [0.4, 0.5) is 11.4 Å². The Morgan fingerprint density at radius 3 is 1.62 bits per heavy atom. The molecule has 0 saturated heterocycles. The molecule has 0 amide bonds. The van der Waals surface area contributed by atoms with Gasteiger partial charge in [-0.25, -0.2) is 0 Å². The summed E-state index contributed by atoms with van der Waals surface area (Å²) in [6.07, 6.45) is 0. The summed E-state index contributed by atoms with van der Waals surface area (Å²) in [5.74, 6) is 0. The van der Waals surface area contributed by atoms with Gasteiger partial charge in [0.1, 0.15) is 0 Å². The molecule has 0 spiro atoms. The molecule has 0 aliphatic carbocycles. The summed E-state index contributed by atoms with van der Waals surface area (Å²) in [5.41, 5.74) is 5.02. The minimum atomic E-state index is -2.49. The van der Waals surface area contributed by atoms with Crippen LogP contribution in [0.25, 0.3) is 11.1 Å². The molecule has 0 fully saturated rings. The van der Waals surface area contributed by atoms with Crippen LogP contribution < -0.4 is 26.1 Å². The maximum Gasteiger partial charge on any atom is 0.183 e. The molecule has 0 unspecified atom stereocenters. The van der Waals surface area contributed by atoms with Gasteiger partial charge in [-0.1, -0.05) is 115 Å². The van der Waals surface area contributed by atoms with Crippen molar-refractivity contribution in [3.05, 3.63) is 133 Å². The molecule has 0 bridgehead atoms. The Labute approximate surface area is 190 Å². The van der Waals surface area contributed by atoms with Gasteiger partial charge in [-0.05, 0) is 50.1 Å². The van der Waals surface area contributed by atoms with Gasteiger partial charge < -0.3 is 5.32 Å². The maximum absolute atomic E-state index is 3.77. The van der Waals surface area contributed by atoms with Gasteiger partial charge in [-0.15, -0.1) is 0 Å². The minimum Gasteiger partial charge on any atom is -0.356 e. The summed E-state index contributed by atoms with van der Waals surface area (Å²) in [6.45, 7) is 0. The highest BCUT2D eigenvalue weighted by Gasteiger charge is 2.49. The van der Waals surface area contributed by atoms with E-state index in [0.717, 1.165) is 5.69 Å². The fraction of sp³-hybridized carbons (Fsp3) is 0. The largest absolute Gasteiger partial charge is 0.356 e. The number of nitrogens with one attached hydrogen (secondary N) is 1. The lowest BCUT2D eigenvalue weighted by Gasteiger charge is -2.32. The van der Waals surface area contributed by atoms with Crippen LogP contribution >= 0.6 is 0 Å². The highest BCUT2D eigenvalue weighted by Crippen LogP contribution is 2.32. The number of rotatable bonds is 4. The summed E-state index contributed by atoms with van der Waals surface area (Å²) in [4.78, 5) is 0. The number of hydrogen-bond donors (Lipinski definition) is 1. The van der Waals surface area contributed by atoms with Gasteiger partial charge in [0.2, 0.25) is 0 Å².